The molecule has 0 atom stereocenters. The smallest absolute Gasteiger partial charge is 0.330 e. The van der Waals surface area contributed by atoms with Gasteiger partial charge in [-0.25, -0.2) is 0 Å². The van der Waals surface area contributed by atoms with Crippen LogP contribution in [0.4, 0.5) is 13.2 Å². The fourth-order valence-electron chi connectivity index (χ4n) is 1.93. The van der Waals surface area contributed by atoms with Crippen LogP contribution < -0.4 is 5.73 Å². The molecule has 0 saturated carbocycles. The molecule has 2 aromatic heterocycles. The van der Waals surface area contributed by atoms with Gasteiger partial charge in [-0.1, -0.05) is 0 Å². The van der Waals surface area contributed by atoms with Crippen LogP contribution in [0.15, 0.2) is 12.3 Å². The summed E-state index contributed by atoms with van der Waals surface area (Å²) >= 11 is 0. The Kier molecular flexibility index (Phi) is 3.85. The molecule has 2 aromatic rings. The lowest BCUT2D eigenvalue weighted by Gasteiger charge is -2.06. The van der Waals surface area contributed by atoms with E-state index in [0.29, 0.717) is 30.8 Å². The van der Waals surface area contributed by atoms with E-state index in [1.807, 2.05) is 0 Å². The van der Waals surface area contributed by atoms with Gasteiger partial charge in [0.05, 0.1) is 11.9 Å². The van der Waals surface area contributed by atoms with Gasteiger partial charge in [-0.3, -0.25) is 9.36 Å². The van der Waals surface area contributed by atoms with Crippen molar-refractivity contribution in [3.8, 4) is 11.3 Å². The van der Waals surface area contributed by atoms with Gasteiger partial charge in [-0.2, -0.15) is 23.4 Å². The maximum atomic E-state index is 12.8. The van der Waals surface area contributed by atoms with E-state index in [4.69, 9.17) is 5.73 Å². The van der Waals surface area contributed by atoms with Crippen LogP contribution in [0.1, 0.15) is 17.8 Å². The molecule has 2 heterocycles. The van der Waals surface area contributed by atoms with Crippen molar-refractivity contribution in [2.24, 2.45) is 12.8 Å². The minimum atomic E-state index is -4.46. The number of hydrogen-bond donors (Lipinski definition) is 1. The molecule has 0 bridgehead atoms. The van der Waals surface area contributed by atoms with E-state index in [9.17, 15) is 13.2 Å². The molecule has 0 aromatic carbocycles. The lowest BCUT2D eigenvalue weighted by molar-refractivity contribution is -0.141. The Hall–Kier alpha value is -1.83. The monoisotopic (exact) mass is 287 g/mol. The van der Waals surface area contributed by atoms with Gasteiger partial charge in [0.2, 0.25) is 0 Å². The summed E-state index contributed by atoms with van der Waals surface area (Å²) in [5, 5.41) is 7.70. The second kappa shape index (κ2) is 5.28. The number of nitrogens with zero attached hydrogens (tertiary/aromatic N) is 4. The van der Waals surface area contributed by atoms with Gasteiger partial charge < -0.3 is 5.73 Å². The summed E-state index contributed by atoms with van der Waals surface area (Å²) in [6.45, 7) is 2.54. The highest BCUT2D eigenvalue weighted by Gasteiger charge is 2.35. The average molecular weight is 287 g/mol. The summed E-state index contributed by atoms with van der Waals surface area (Å²) in [5.41, 5.74) is 6.36. The Balaban J connectivity index is 2.49. The van der Waals surface area contributed by atoms with Crippen molar-refractivity contribution in [2.75, 3.05) is 6.54 Å². The summed E-state index contributed by atoms with van der Waals surface area (Å²) in [4.78, 5) is 0. The molecular formula is C12H16F3N5. The number of rotatable bonds is 4. The fraction of sp³-hybridized carbons (Fsp3) is 0.500. The van der Waals surface area contributed by atoms with Gasteiger partial charge in [0.1, 0.15) is 0 Å². The zero-order valence-corrected chi connectivity index (χ0v) is 11.3. The van der Waals surface area contributed by atoms with Crippen LogP contribution in [0, 0.1) is 6.92 Å². The minimum absolute atomic E-state index is 0.343. The van der Waals surface area contributed by atoms with E-state index < -0.39 is 11.9 Å². The first-order chi connectivity index (χ1) is 9.34. The van der Waals surface area contributed by atoms with Crippen molar-refractivity contribution in [1.82, 2.24) is 19.6 Å². The molecule has 0 spiro atoms. The van der Waals surface area contributed by atoms with Crippen LogP contribution in [-0.4, -0.2) is 26.1 Å². The Morgan fingerprint density at radius 2 is 2.05 bits per heavy atom. The number of aryl methyl sites for hydroxylation is 2. The number of hydrogen-bond acceptors (Lipinski definition) is 3. The Labute approximate surface area is 114 Å². The van der Waals surface area contributed by atoms with Crippen LogP contribution in [-0.2, 0) is 19.8 Å². The van der Waals surface area contributed by atoms with E-state index in [1.54, 1.807) is 24.9 Å². The van der Waals surface area contributed by atoms with E-state index in [-0.39, 0.29) is 0 Å². The molecule has 0 unspecified atom stereocenters. The highest BCUT2D eigenvalue weighted by molar-refractivity contribution is 5.62. The predicted molar refractivity (Wildman–Crippen MR) is 67.8 cm³/mol. The molecule has 0 fully saturated rings. The third-order valence-corrected chi connectivity index (χ3v) is 3.16. The van der Waals surface area contributed by atoms with Gasteiger partial charge in [0, 0.05) is 24.8 Å². The number of alkyl halides is 3. The molecule has 0 aliphatic carbocycles. The van der Waals surface area contributed by atoms with Gasteiger partial charge in [-0.05, 0) is 26.0 Å². The van der Waals surface area contributed by atoms with Crippen molar-refractivity contribution >= 4 is 0 Å². The Bertz CT molecular complexity index is 597. The summed E-state index contributed by atoms with van der Waals surface area (Å²) in [7, 11) is 1.74. The second-order valence-corrected chi connectivity index (χ2v) is 4.55. The maximum absolute atomic E-state index is 12.8. The molecule has 0 saturated heterocycles. The molecule has 110 valence electrons. The van der Waals surface area contributed by atoms with Gasteiger partial charge in [-0.15, -0.1) is 0 Å². The minimum Gasteiger partial charge on any atom is -0.330 e. The maximum Gasteiger partial charge on any atom is 0.435 e. The van der Waals surface area contributed by atoms with Crippen molar-refractivity contribution in [1.29, 1.82) is 0 Å². The first-order valence-corrected chi connectivity index (χ1v) is 6.18. The summed E-state index contributed by atoms with van der Waals surface area (Å²) in [6.07, 6.45) is -2.35. The average Bonchev–Trinajstić information content (AvgIpc) is 2.92. The largest absolute Gasteiger partial charge is 0.435 e. The van der Waals surface area contributed by atoms with Crippen LogP contribution in [0.3, 0.4) is 0 Å². The number of halogens is 3. The molecule has 0 aliphatic heterocycles. The Morgan fingerprint density at radius 1 is 1.35 bits per heavy atom. The number of aromatic nitrogens is 4. The SMILES string of the molecule is Cc1c(-c2cc(C(F)(F)F)nn2CCCN)cnn1C. The summed E-state index contributed by atoms with van der Waals surface area (Å²) in [5.74, 6) is 0. The normalized spacial score (nSPS) is 12.1. The molecule has 0 aliphatic rings. The molecule has 2 N–H and O–H groups in total. The van der Waals surface area contributed by atoms with Crippen molar-refractivity contribution in [2.45, 2.75) is 26.1 Å². The van der Waals surface area contributed by atoms with Gasteiger partial charge in [0.25, 0.3) is 0 Å². The molecule has 2 rings (SSSR count). The van der Waals surface area contributed by atoms with Crippen LogP contribution in [0.2, 0.25) is 0 Å². The third kappa shape index (κ3) is 2.69. The molecule has 0 amide bonds. The van der Waals surface area contributed by atoms with Crippen LogP contribution in [0.25, 0.3) is 11.3 Å². The molecule has 20 heavy (non-hydrogen) atoms. The zero-order valence-electron chi connectivity index (χ0n) is 11.3. The summed E-state index contributed by atoms with van der Waals surface area (Å²) < 4.78 is 41.4. The third-order valence-electron chi connectivity index (χ3n) is 3.16. The highest BCUT2D eigenvalue weighted by Crippen LogP contribution is 2.32. The molecular weight excluding hydrogens is 271 g/mol. The lowest BCUT2D eigenvalue weighted by Crippen LogP contribution is -2.11. The molecule has 5 nitrogen and oxygen atoms in total. The highest BCUT2D eigenvalue weighted by atomic mass is 19.4. The lowest BCUT2D eigenvalue weighted by atomic mass is 10.2. The topological polar surface area (TPSA) is 61.7 Å². The van der Waals surface area contributed by atoms with E-state index in [2.05, 4.69) is 10.2 Å². The number of nitrogens with two attached hydrogens (primary N) is 1. The zero-order chi connectivity index (χ0) is 14.9. The Morgan fingerprint density at radius 3 is 2.55 bits per heavy atom. The summed E-state index contributed by atoms with van der Waals surface area (Å²) in [6, 6.07) is 1.06. The van der Waals surface area contributed by atoms with Crippen molar-refractivity contribution in [3.63, 3.8) is 0 Å². The van der Waals surface area contributed by atoms with Gasteiger partial charge in [0.15, 0.2) is 5.69 Å². The fourth-order valence-corrected chi connectivity index (χ4v) is 1.93. The predicted octanol–water partition coefficient (Wildman–Crippen LogP) is 1.96. The first-order valence-electron chi connectivity index (χ1n) is 6.18. The quantitative estimate of drug-likeness (QED) is 0.935. The van der Waals surface area contributed by atoms with E-state index >= 15 is 0 Å². The van der Waals surface area contributed by atoms with Gasteiger partial charge >= 0.3 is 6.18 Å². The first kappa shape index (κ1) is 14.6. The van der Waals surface area contributed by atoms with Crippen molar-refractivity contribution < 1.29 is 13.2 Å². The van der Waals surface area contributed by atoms with Crippen molar-refractivity contribution in [3.05, 3.63) is 23.7 Å². The molecule has 0 radical (unpaired) electrons. The van der Waals surface area contributed by atoms with Crippen LogP contribution >= 0.6 is 0 Å². The van der Waals surface area contributed by atoms with E-state index in [1.165, 1.54) is 4.68 Å². The second-order valence-electron chi connectivity index (χ2n) is 4.55. The van der Waals surface area contributed by atoms with Crippen LogP contribution in [0.5, 0.6) is 0 Å². The van der Waals surface area contributed by atoms with E-state index in [0.717, 1.165) is 11.8 Å². The standard InChI is InChI=1S/C12H16F3N5/c1-8-9(7-17-19(8)2)10-6-11(12(13,14)15)18-20(10)5-3-4-16/h6-7H,3-5,16H2,1-2H3. The molecule has 8 heteroatoms.